The van der Waals surface area contributed by atoms with E-state index in [0.29, 0.717) is 5.69 Å². The summed E-state index contributed by atoms with van der Waals surface area (Å²) in [5.41, 5.74) is 1.42. The van der Waals surface area contributed by atoms with Gasteiger partial charge in [0.2, 0.25) is 0 Å². The van der Waals surface area contributed by atoms with Crippen LogP contribution in [0.5, 0.6) is 0 Å². The number of ether oxygens (including phenoxy) is 1. The van der Waals surface area contributed by atoms with Crippen molar-refractivity contribution in [1.82, 2.24) is 0 Å². The van der Waals surface area contributed by atoms with Crippen LogP contribution >= 0.6 is 0 Å². The fraction of sp³-hybridized carbons (Fsp3) is 0.111. The van der Waals surface area contributed by atoms with E-state index in [1.54, 1.807) is 6.07 Å². The van der Waals surface area contributed by atoms with Crippen LogP contribution in [0.25, 0.3) is 0 Å². The predicted octanol–water partition coefficient (Wildman–Crippen LogP) is 1.45. The number of carboxylic acid groups (broad SMARTS) is 1. The van der Waals surface area contributed by atoms with Gasteiger partial charge in [-0.25, -0.2) is 9.59 Å². The molecule has 0 fully saturated rings. The molecule has 0 saturated carbocycles. The minimum absolute atomic E-state index is 0.144. The molecular weight excluding hydrogens is 186 g/mol. The van der Waals surface area contributed by atoms with E-state index in [0.717, 1.165) is 5.56 Å². The van der Waals surface area contributed by atoms with Crippen molar-refractivity contribution in [2.75, 3.05) is 5.32 Å². The van der Waals surface area contributed by atoms with Crippen molar-refractivity contribution in [2.24, 2.45) is 0 Å². The molecular formula is C9H7NO4. The molecule has 0 saturated heterocycles. The van der Waals surface area contributed by atoms with Crippen molar-refractivity contribution in [3.8, 4) is 0 Å². The van der Waals surface area contributed by atoms with Crippen LogP contribution in [0.2, 0.25) is 0 Å². The van der Waals surface area contributed by atoms with Gasteiger partial charge in [-0.3, -0.25) is 5.32 Å². The zero-order valence-electron chi connectivity index (χ0n) is 7.11. The Balaban J connectivity index is 2.42. The molecule has 0 atom stereocenters. The number of aromatic carboxylic acids is 1. The molecule has 72 valence electrons. The summed E-state index contributed by atoms with van der Waals surface area (Å²) < 4.78 is 4.71. The number of benzene rings is 1. The van der Waals surface area contributed by atoms with Crippen LogP contribution in [0, 0.1) is 0 Å². The van der Waals surface area contributed by atoms with Crippen LogP contribution in [0.1, 0.15) is 15.9 Å². The summed E-state index contributed by atoms with van der Waals surface area (Å²) in [7, 11) is 0. The number of carboxylic acids is 1. The highest BCUT2D eigenvalue weighted by atomic mass is 16.5. The first-order valence-corrected chi connectivity index (χ1v) is 3.97. The topological polar surface area (TPSA) is 75.6 Å². The zero-order chi connectivity index (χ0) is 10.1. The van der Waals surface area contributed by atoms with Gasteiger partial charge < -0.3 is 9.84 Å². The van der Waals surface area contributed by atoms with Crippen LogP contribution < -0.4 is 5.32 Å². The van der Waals surface area contributed by atoms with Gasteiger partial charge in [0.25, 0.3) is 0 Å². The van der Waals surface area contributed by atoms with Gasteiger partial charge in [0.15, 0.2) is 0 Å². The molecule has 1 aromatic carbocycles. The molecule has 5 nitrogen and oxygen atoms in total. The Morgan fingerprint density at radius 3 is 3.00 bits per heavy atom. The maximum atomic E-state index is 10.8. The van der Waals surface area contributed by atoms with Crippen molar-refractivity contribution in [2.45, 2.75) is 6.61 Å². The number of anilines is 1. The highest BCUT2D eigenvalue weighted by Crippen LogP contribution is 2.22. The fourth-order valence-corrected chi connectivity index (χ4v) is 1.24. The molecule has 1 heterocycles. The van der Waals surface area contributed by atoms with Gasteiger partial charge in [0.05, 0.1) is 11.3 Å². The zero-order valence-corrected chi connectivity index (χ0v) is 7.11. The normalized spacial score (nSPS) is 13.9. The fourth-order valence-electron chi connectivity index (χ4n) is 1.24. The minimum atomic E-state index is -1.02. The molecule has 1 aromatic rings. The van der Waals surface area contributed by atoms with Crippen molar-refractivity contribution in [3.63, 3.8) is 0 Å². The number of carbonyl (C=O) groups excluding carboxylic acids is 1. The van der Waals surface area contributed by atoms with Gasteiger partial charge in [-0.2, -0.15) is 0 Å². The Morgan fingerprint density at radius 2 is 2.29 bits per heavy atom. The van der Waals surface area contributed by atoms with E-state index < -0.39 is 12.1 Å². The molecule has 0 unspecified atom stereocenters. The van der Waals surface area contributed by atoms with Crippen LogP contribution in [-0.2, 0) is 11.3 Å². The highest BCUT2D eigenvalue weighted by molar-refractivity contribution is 5.93. The van der Waals surface area contributed by atoms with E-state index in [9.17, 15) is 9.59 Å². The first-order chi connectivity index (χ1) is 6.66. The molecule has 0 aliphatic carbocycles. The van der Waals surface area contributed by atoms with Crippen molar-refractivity contribution >= 4 is 17.7 Å². The van der Waals surface area contributed by atoms with Gasteiger partial charge in [-0.15, -0.1) is 0 Å². The third kappa shape index (κ3) is 1.39. The lowest BCUT2D eigenvalue weighted by Crippen LogP contribution is -2.20. The Bertz CT molecular complexity index is 413. The maximum Gasteiger partial charge on any atom is 0.411 e. The lowest BCUT2D eigenvalue weighted by Gasteiger charge is -2.17. The molecule has 0 spiro atoms. The molecule has 2 N–H and O–H groups in total. The Labute approximate surface area is 79.3 Å². The average molecular weight is 193 g/mol. The third-order valence-corrected chi connectivity index (χ3v) is 1.95. The Morgan fingerprint density at radius 1 is 1.50 bits per heavy atom. The summed E-state index contributed by atoms with van der Waals surface area (Å²) >= 11 is 0. The van der Waals surface area contributed by atoms with E-state index >= 15 is 0 Å². The molecule has 0 bridgehead atoms. The monoisotopic (exact) mass is 193 g/mol. The molecule has 5 heteroatoms. The van der Waals surface area contributed by atoms with E-state index in [4.69, 9.17) is 9.84 Å². The first kappa shape index (κ1) is 8.55. The number of nitrogens with one attached hydrogen (secondary N) is 1. The minimum Gasteiger partial charge on any atom is -0.478 e. The molecule has 1 aliphatic heterocycles. The van der Waals surface area contributed by atoms with Gasteiger partial charge >= 0.3 is 12.1 Å². The summed E-state index contributed by atoms with van der Waals surface area (Å²) in [6.45, 7) is 0.182. The second-order valence-corrected chi connectivity index (χ2v) is 2.88. The number of hydrogen-bond acceptors (Lipinski definition) is 3. The smallest absolute Gasteiger partial charge is 0.411 e. The molecule has 14 heavy (non-hydrogen) atoms. The van der Waals surface area contributed by atoms with Gasteiger partial charge in [0.1, 0.15) is 6.61 Å². The summed E-state index contributed by atoms with van der Waals surface area (Å²) in [4.78, 5) is 21.5. The molecule has 0 aromatic heterocycles. The summed E-state index contributed by atoms with van der Waals surface area (Å²) in [6.07, 6.45) is -0.556. The first-order valence-electron chi connectivity index (χ1n) is 3.97. The Kier molecular flexibility index (Phi) is 1.85. The number of amides is 1. The highest BCUT2D eigenvalue weighted by Gasteiger charge is 2.16. The summed E-state index contributed by atoms with van der Waals surface area (Å²) in [5.74, 6) is -1.02. The molecule has 1 aliphatic rings. The van der Waals surface area contributed by atoms with Crippen molar-refractivity contribution in [3.05, 3.63) is 29.3 Å². The molecule has 0 radical (unpaired) electrons. The number of fused-ring (bicyclic) bond motifs is 1. The number of carbonyl (C=O) groups is 2. The quantitative estimate of drug-likeness (QED) is 0.707. The second kappa shape index (κ2) is 3.02. The number of rotatable bonds is 1. The SMILES string of the molecule is O=C1Nc2cc(C(=O)O)ccc2CO1. The lowest BCUT2D eigenvalue weighted by molar-refractivity contribution is 0.0696. The van der Waals surface area contributed by atoms with Crippen LogP contribution in [0.4, 0.5) is 10.5 Å². The van der Waals surface area contributed by atoms with E-state index in [1.165, 1.54) is 12.1 Å². The van der Waals surface area contributed by atoms with Crippen LogP contribution in [-0.4, -0.2) is 17.2 Å². The lowest BCUT2D eigenvalue weighted by atomic mass is 10.1. The summed E-state index contributed by atoms with van der Waals surface area (Å²) in [5, 5.41) is 11.1. The predicted molar refractivity (Wildman–Crippen MR) is 47.2 cm³/mol. The van der Waals surface area contributed by atoms with E-state index in [-0.39, 0.29) is 12.2 Å². The molecule has 1 amide bonds. The maximum absolute atomic E-state index is 10.8. The van der Waals surface area contributed by atoms with Crippen molar-refractivity contribution in [1.29, 1.82) is 0 Å². The molecule has 2 rings (SSSR count). The van der Waals surface area contributed by atoms with Gasteiger partial charge in [-0.05, 0) is 12.1 Å². The van der Waals surface area contributed by atoms with E-state index in [1.807, 2.05) is 0 Å². The van der Waals surface area contributed by atoms with Gasteiger partial charge in [-0.1, -0.05) is 6.07 Å². The number of cyclic esters (lactones) is 1. The average Bonchev–Trinajstić information content (AvgIpc) is 2.16. The van der Waals surface area contributed by atoms with Crippen LogP contribution in [0.15, 0.2) is 18.2 Å². The third-order valence-electron chi connectivity index (χ3n) is 1.95. The standard InChI is InChI=1S/C9H7NO4/c11-8(12)5-1-2-6-4-14-9(13)10-7(6)3-5/h1-3H,4H2,(H,10,13)(H,11,12). The van der Waals surface area contributed by atoms with Crippen LogP contribution in [0.3, 0.4) is 0 Å². The van der Waals surface area contributed by atoms with Gasteiger partial charge in [0, 0.05) is 5.56 Å². The second-order valence-electron chi connectivity index (χ2n) is 2.88. The summed E-state index contributed by atoms with van der Waals surface area (Å²) in [6, 6.07) is 4.51. The Hall–Kier alpha value is -2.04. The van der Waals surface area contributed by atoms with E-state index in [2.05, 4.69) is 5.32 Å². The largest absolute Gasteiger partial charge is 0.478 e. The van der Waals surface area contributed by atoms with Crippen molar-refractivity contribution < 1.29 is 19.4 Å². The number of hydrogen-bond donors (Lipinski definition) is 2.